The van der Waals surface area contributed by atoms with Crippen molar-refractivity contribution in [2.24, 2.45) is 11.5 Å². The van der Waals surface area contributed by atoms with Crippen LogP contribution in [0.15, 0.2) is 0 Å². The molecule has 0 aromatic carbocycles. The van der Waals surface area contributed by atoms with Crippen LogP contribution < -0.4 is 11.5 Å². The summed E-state index contributed by atoms with van der Waals surface area (Å²) < 4.78 is 0. The maximum absolute atomic E-state index is 9.00. The van der Waals surface area contributed by atoms with Crippen molar-refractivity contribution in [3.8, 4) is 0 Å². The molecule has 0 bridgehead atoms. The largest absolute Gasteiger partial charge is 0.352 e. The summed E-state index contributed by atoms with van der Waals surface area (Å²) in [6.07, 6.45) is 0. The van der Waals surface area contributed by atoms with Crippen molar-refractivity contribution >= 4 is 42.4 Å². The third-order valence-electron chi connectivity index (χ3n) is 0. The molecular formula is C2H6N2NaO2. The van der Waals surface area contributed by atoms with E-state index in [9.17, 15) is 0 Å². The summed E-state index contributed by atoms with van der Waals surface area (Å²) in [7, 11) is 0. The zero-order valence-electron chi connectivity index (χ0n) is 4.18. The molecule has 37 valence electrons. The number of urea groups is 1. The fourth-order valence-corrected chi connectivity index (χ4v) is 0. The number of nitrogens with two attached hydrogens (primary N) is 2. The Morgan fingerprint density at radius 2 is 1.29 bits per heavy atom. The predicted octanol–water partition coefficient (Wildman–Crippen LogP) is -1.54. The topological polar surface area (TPSA) is 86.2 Å². The fourth-order valence-electron chi connectivity index (χ4n) is 0. The predicted molar refractivity (Wildman–Crippen MR) is 26.6 cm³/mol. The molecule has 7 heavy (non-hydrogen) atoms. The molecule has 1 radical (unpaired) electrons. The van der Waals surface area contributed by atoms with Gasteiger partial charge in [-0.15, -0.1) is 0 Å². The standard InChI is InChI=1S/CH4N2O.CH2O.Na/c2-1(3)4;1-2;/h(H4,2,3,4);1H2;. The summed E-state index contributed by atoms with van der Waals surface area (Å²) in [4.78, 5) is 17.0. The van der Waals surface area contributed by atoms with E-state index in [1.165, 1.54) is 0 Å². The Hall–Kier alpha value is -0.0600. The smallest absolute Gasteiger partial charge is 0.309 e. The van der Waals surface area contributed by atoms with Crippen molar-refractivity contribution in [1.29, 1.82) is 0 Å². The summed E-state index contributed by atoms with van der Waals surface area (Å²) in [5.41, 5.74) is 8.50. The first-order valence-electron chi connectivity index (χ1n) is 1.07. The SMILES string of the molecule is C=O.NC(N)=O.[Na]. The van der Waals surface area contributed by atoms with Gasteiger partial charge in [-0.25, -0.2) is 4.79 Å². The molecule has 0 unspecified atom stereocenters. The quantitative estimate of drug-likeness (QED) is 0.373. The first-order chi connectivity index (χ1) is 2.73. The molecule has 0 aromatic rings. The molecule has 0 spiro atoms. The molecule has 0 saturated heterocycles. The van der Waals surface area contributed by atoms with Gasteiger partial charge in [-0.1, -0.05) is 0 Å². The van der Waals surface area contributed by atoms with Crippen LogP contribution >= 0.6 is 0 Å². The van der Waals surface area contributed by atoms with Crippen LogP contribution in [0, 0.1) is 0 Å². The van der Waals surface area contributed by atoms with Gasteiger partial charge in [0.2, 0.25) is 0 Å². The minimum absolute atomic E-state index is 0. The van der Waals surface area contributed by atoms with Gasteiger partial charge in [0.15, 0.2) is 0 Å². The van der Waals surface area contributed by atoms with Crippen LogP contribution in [-0.4, -0.2) is 42.4 Å². The Labute approximate surface area is 63.5 Å². The number of amides is 2. The van der Waals surface area contributed by atoms with Gasteiger partial charge >= 0.3 is 6.03 Å². The second-order valence-corrected chi connectivity index (χ2v) is 0.402. The molecule has 0 saturated carbocycles. The van der Waals surface area contributed by atoms with E-state index in [4.69, 9.17) is 9.59 Å². The van der Waals surface area contributed by atoms with Crippen molar-refractivity contribution in [3.63, 3.8) is 0 Å². The van der Waals surface area contributed by atoms with Gasteiger partial charge in [0.05, 0.1) is 0 Å². The Morgan fingerprint density at radius 1 is 1.29 bits per heavy atom. The van der Waals surface area contributed by atoms with Crippen LogP contribution in [0.25, 0.3) is 0 Å². The minimum atomic E-state index is -0.833. The van der Waals surface area contributed by atoms with Crippen molar-refractivity contribution in [3.05, 3.63) is 0 Å². The zero-order valence-corrected chi connectivity index (χ0v) is 6.18. The first kappa shape index (κ1) is 15.8. The average Bonchev–Trinajstić information content (AvgIpc) is 1.41. The van der Waals surface area contributed by atoms with Crippen LogP contribution in [0.5, 0.6) is 0 Å². The molecular weight excluding hydrogens is 107 g/mol. The number of hydrogen-bond acceptors (Lipinski definition) is 2. The zero-order chi connectivity index (χ0) is 5.58. The van der Waals surface area contributed by atoms with Crippen LogP contribution in [0.3, 0.4) is 0 Å². The van der Waals surface area contributed by atoms with Gasteiger partial charge in [-0.3, -0.25) is 0 Å². The van der Waals surface area contributed by atoms with Gasteiger partial charge < -0.3 is 16.3 Å². The minimum Gasteiger partial charge on any atom is -0.352 e. The van der Waals surface area contributed by atoms with Crippen LogP contribution in [0.2, 0.25) is 0 Å². The summed E-state index contributed by atoms with van der Waals surface area (Å²) in [5.74, 6) is 0. The van der Waals surface area contributed by atoms with Gasteiger partial charge in [0, 0.05) is 29.6 Å². The van der Waals surface area contributed by atoms with Crippen molar-refractivity contribution in [2.45, 2.75) is 0 Å². The number of carbonyl (C=O) groups is 2. The Morgan fingerprint density at radius 3 is 1.29 bits per heavy atom. The van der Waals surface area contributed by atoms with E-state index in [0.29, 0.717) is 0 Å². The van der Waals surface area contributed by atoms with Crippen molar-refractivity contribution in [1.82, 2.24) is 0 Å². The molecule has 4 N–H and O–H groups in total. The summed E-state index contributed by atoms with van der Waals surface area (Å²) >= 11 is 0. The molecule has 0 rings (SSSR count). The van der Waals surface area contributed by atoms with E-state index >= 15 is 0 Å². The molecule has 2 amide bonds. The van der Waals surface area contributed by atoms with E-state index in [1.807, 2.05) is 6.79 Å². The molecule has 0 heterocycles. The van der Waals surface area contributed by atoms with Gasteiger partial charge in [0.1, 0.15) is 6.79 Å². The average molecular weight is 113 g/mol. The Kier molecular flexibility index (Phi) is 37.8. The van der Waals surface area contributed by atoms with Crippen molar-refractivity contribution in [2.75, 3.05) is 0 Å². The normalized spacial score (nSPS) is 4.00. The number of rotatable bonds is 0. The van der Waals surface area contributed by atoms with Crippen LogP contribution in [0.1, 0.15) is 0 Å². The third kappa shape index (κ3) is 25600. The second kappa shape index (κ2) is 16.8. The van der Waals surface area contributed by atoms with Crippen LogP contribution in [0.4, 0.5) is 4.79 Å². The Bertz CT molecular complexity index is 45.0. The molecule has 4 nitrogen and oxygen atoms in total. The van der Waals surface area contributed by atoms with E-state index in [0.717, 1.165) is 0 Å². The molecule has 0 fully saturated rings. The maximum atomic E-state index is 9.00. The number of primary amides is 2. The number of carbonyl (C=O) groups excluding carboxylic acids is 2. The Balaban J connectivity index is -0.0000000480. The molecule has 0 aromatic heterocycles. The van der Waals surface area contributed by atoms with E-state index < -0.39 is 6.03 Å². The fraction of sp³-hybridized carbons (Fsp3) is 0. The first-order valence-corrected chi connectivity index (χ1v) is 1.07. The maximum Gasteiger partial charge on any atom is 0.309 e. The van der Waals surface area contributed by atoms with Gasteiger partial charge in [0.25, 0.3) is 0 Å². The molecule has 0 aliphatic heterocycles. The molecule has 0 atom stereocenters. The summed E-state index contributed by atoms with van der Waals surface area (Å²) in [6, 6.07) is -0.833. The van der Waals surface area contributed by atoms with E-state index in [-0.39, 0.29) is 29.6 Å². The van der Waals surface area contributed by atoms with Crippen molar-refractivity contribution < 1.29 is 9.59 Å². The van der Waals surface area contributed by atoms with E-state index in [1.54, 1.807) is 0 Å². The summed E-state index contributed by atoms with van der Waals surface area (Å²) in [5, 5.41) is 0. The molecule has 0 aliphatic rings. The van der Waals surface area contributed by atoms with Crippen LogP contribution in [-0.2, 0) is 4.79 Å². The van der Waals surface area contributed by atoms with Gasteiger partial charge in [-0.05, 0) is 0 Å². The third-order valence-corrected chi connectivity index (χ3v) is 0. The molecule has 5 heteroatoms. The molecule has 0 aliphatic carbocycles. The summed E-state index contributed by atoms with van der Waals surface area (Å²) in [6.45, 7) is 2.00. The van der Waals surface area contributed by atoms with Gasteiger partial charge in [-0.2, -0.15) is 0 Å². The van der Waals surface area contributed by atoms with E-state index in [2.05, 4.69) is 11.5 Å². The monoisotopic (exact) mass is 113 g/mol. The number of hydrogen-bond donors (Lipinski definition) is 2. The second-order valence-electron chi connectivity index (χ2n) is 0.402.